The van der Waals surface area contributed by atoms with E-state index in [4.69, 9.17) is 0 Å². The molecule has 296 valence electrons. The summed E-state index contributed by atoms with van der Waals surface area (Å²) >= 11 is 0. The number of benzene rings is 12. The van der Waals surface area contributed by atoms with Gasteiger partial charge in [0.2, 0.25) is 0 Å². The van der Waals surface area contributed by atoms with Crippen LogP contribution in [0.2, 0.25) is 0 Å². The van der Waals surface area contributed by atoms with E-state index in [2.05, 4.69) is 243 Å². The van der Waals surface area contributed by atoms with Gasteiger partial charge < -0.3 is 0 Å². The van der Waals surface area contributed by atoms with Gasteiger partial charge in [0.1, 0.15) is 0 Å². The van der Waals surface area contributed by atoms with Crippen LogP contribution < -0.4 is 0 Å². The molecule has 0 N–H and O–H groups in total. The van der Waals surface area contributed by atoms with E-state index < -0.39 is 0 Å². The van der Waals surface area contributed by atoms with Gasteiger partial charge in [0.05, 0.1) is 0 Å². The van der Waals surface area contributed by atoms with Gasteiger partial charge in [-0.05, 0) is 187 Å². The average molecular weight is 809 g/mol. The van der Waals surface area contributed by atoms with Crippen molar-refractivity contribution in [2.75, 3.05) is 0 Å². The highest BCUT2D eigenvalue weighted by molar-refractivity contribution is 6.28. The molecule has 0 radical (unpaired) electrons. The van der Waals surface area contributed by atoms with Crippen molar-refractivity contribution in [3.63, 3.8) is 0 Å². The van der Waals surface area contributed by atoms with E-state index in [1.54, 1.807) is 0 Å². The topological polar surface area (TPSA) is 0 Å². The van der Waals surface area contributed by atoms with E-state index in [0.29, 0.717) is 0 Å². The fourth-order valence-corrected chi connectivity index (χ4v) is 10.6. The molecular formula is C64H40. The fraction of sp³-hybridized carbons (Fsp3) is 0. The average Bonchev–Trinajstić information content (AvgIpc) is 3.68. The van der Waals surface area contributed by atoms with E-state index in [1.165, 1.54) is 132 Å². The lowest BCUT2D eigenvalue weighted by molar-refractivity contribution is 1.57. The fourth-order valence-electron chi connectivity index (χ4n) is 10.6. The summed E-state index contributed by atoms with van der Waals surface area (Å²) in [6, 6.07) is 90.1. The van der Waals surface area contributed by atoms with Crippen molar-refractivity contribution in [3.05, 3.63) is 243 Å². The predicted molar refractivity (Wildman–Crippen MR) is 274 cm³/mol. The molecule has 1 aliphatic rings. The molecule has 64 heavy (non-hydrogen) atoms. The molecule has 0 bridgehead atoms. The molecule has 0 aliphatic heterocycles. The highest BCUT2D eigenvalue weighted by atomic mass is 14.3. The van der Waals surface area contributed by atoms with Gasteiger partial charge in [-0.3, -0.25) is 0 Å². The molecule has 0 heteroatoms. The Labute approximate surface area is 373 Å². The van der Waals surface area contributed by atoms with E-state index in [9.17, 15) is 0 Å². The summed E-state index contributed by atoms with van der Waals surface area (Å²) < 4.78 is 0. The van der Waals surface area contributed by atoms with Crippen LogP contribution >= 0.6 is 0 Å². The summed E-state index contributed by atoms with van der Waals surface area (Å²) in [6.07, 6.45) is 0. The van der Waals surface area contributed by atoms with Gasteiger partial charge in [-0.15, -0.1) is 0 Å². The van der Waals surface area contributed by atoms with E-state index in [0.717, 1.165) is 0 Å². The molecule has 0 unspecified atom stereocenters. The number of fused-ring (bicyclic) bond motifs is 7. The zero-order chi connectivity index (χ0) is 42.1. The third kappa shape index (κ3) is 5.84. The van der Waals surface area contributed by atoms with Crippen LogP contribution in [0.1, 0.15) is 0 Å². The van der Waals surface area contributed by atoms with Crippen LogP contribution in [0.3, 0.4) is 0 Å². The van der Waals surface area contributed by atoms with Crippen molar-refractivity contribution < 1.29 is 0 Å². The van der Waals surface area contributed by atoms with Crippen molar-refractivity contribution in [2.24, 2.45) is 0 Å². The standard InChI is InChI=1S/C64H40/c1-5-18-41(19-6-1)46-32-47(42-20-7-2-8-21-42)35-50(34-46)62-54-28-15-16-29-55(54)63(51-36-48(43-22-9-3-10-23-43)33-49(37-51)44-24-11-4-12-25-44)61-40-58-57(39-60(61)62)56-31-17-30-53-52-27-14-13-26-45(52)38-59(58)64(53)56/h1-40H. The highest BCUT2D eigenvalue weighted by Gasteiger charge is 2.27. The lowest BCUT2D eigenvalue weighted by atomic mass is 9.82. The summed E-state index contributed by atoms with van der Waals surface area (Å²) in [7, 11) is 0. The smallest absolute Gasteiger partial charge is 0.00199 e. The Balaban J connectivity index is 1.19. The van der Waals surface area contributed by atoms with Crippen LogP contribution in [0.5, 0.6) is 0 Å². The van der Waals surface area contributed by atoms with Gasteiger partial charge in [-0.25, -0.2) is 0 Å². The Morgan fingerprint density at radius 2 is 0.531 bits per heavy atom. The molecule has 13 rings (SSSR count). The first kappa shape index (κ1) is 36.3. The van der Waals surface area contributed by atoms with Crippen LogP contribution in [-0.4, -0.2) is 0 Å². The van der Waals surface area contributed by atoms with Crippen LogP contribution in [0.15, 0.2) is 243 Å². The number of hydrogen-bond donors (Lipinski definition) is 0. The van der Waals surface area contributed by atoms with Crippen molar-refractivity contribution in [3.8, 4) is 89.0 Å². The lowest BCUT2D eigenvalue weighted by Gasteiger charge is -2.21. The Bertz CT molecular complexity index is 3670. The van der Waals surface area contributed by atoms with Gasteiger partial charge in [0, 0.05) is 0 Å². The Hall–Kier alpha value is -8.32. The van der Waals surface area contributed by atoms with Gasteiger partial charge >= 0.3 is 0 Å². The molecule has 0 saturated heterocycles. The second kappa shape index (κ2) is 14.7. The second-order valence-electron chi connectivity index (χ2n) is 17.2. The minimum absolute atomic E-state index is 1.20. The summed E-state index contributed by atoms with van der Waals surface area (Å²) in [5.41, 5.74) is 19.7. The Morgan fingerprint density at radius 3 is 0.984 bits per heavy atom. The molecule has 0 spiro atoms. The molecule has 0 nitrogen and oxygen atoms in total. The minimum Gasteiger partial charge on any atom is -0.0622 e. The molecule has 1 aliphatic carbocycles. The SMILES string of the molecule is c1ccc(-c2cc(-c3ccccc3)cc(-c3c4ccccc4c(-c4cc(-c5ccccc5)cc(-c5ccccc5)c4)c4cc5c(cc34)-c3cccc4c3c-5cc3ccccc34)c2)cc1. The van der Waals surface area contributed by atoms with Crippen molar-refractivity contribution in [1.29, 1.82) is 0 Å². The van der Waals surface area contributed by atoms with E-state index >= 15 is 0 Å². The number of hydrogen-bond acceptors (Lipinski definition) is 0. The van der Waals surface area contributed by atoms with Crippen LogP contribution in [-0.2, 0) is 0 Å². The van der Waals surface area contributed by atoms with Gasteiger partial charge in [-0.2, -0.15) is 0 Å². The quantitative estimate of drug-likeness (QED) is 0.116. The maximum Gasteiger partial charge on any atom is -0.00199 e. The summed E-state index contributed by atoms with van der Waals surface area (Å²) in [5, 5.41) is 10.2. The largest absolute Gasteiger partial charge is 0.0622 e. The normalized spacial score (nSPS) is 11.8. The van der Waals surface area contributed by atoms with Gasteiger partial charge in [0.25, 0.3) is 0 Å². The van der Waals surface area contributed by atoms with Crippen LogP contribution in [0.4, 0.5) is 0 Å². The third-order valence-electron chi connectivity index (χ3n) is 13.5. The molecule has 0 saturated carbocycles. The first-order valence-corrected chi connectivity index (χ1v) is 22.2. The van der Waals surface area contributed by atoms with Crippen LogP contribution in [0.25, 0.3) is 132 Å². The molecule has 0 fully saturated rings. The van der Waals surface area contributed by atoms with Crippen LogP contribution in [0, 0.1) is 0 Å². The minimum atomic E-state index is 1.20. The lowest BCUT2D eigenvalue weighted by Crippen LogP contribution is -1.94. The molecule has 0 amide bonds. The van der Waals surface area contributed by atoms with Crippen molar-refractivity contribution in [1.82, 2.24) is 0 Å². The maximum absolute atomic E-state index is 2.54. The number of rotatable bonds is 6. The van der Waals surface area contributed by atoms with Gasteiger partial charge in [0.15, 0.2) is 0 Å². The summed E-state index contributed by atoms with van der Waals surface area (Å²) in [6.45, 7) is 0. The molecular weight excluding hydrogens is 769 g/mol. The summed E-state index contributed by atoms with van der Waals surface area (Å²) in [5.74, 6) is 0. The Morgan fingerprint density at radius 1 is 0.172 bits per heavy atom. The molecule has 12 aromatic rings. The van der Waals surface area contributed by atoms with E-state index in [-0.39, 0.29) is 0 Å². The zero-order valence-electron chi connectivity index (χ0n) is 35.1. The van der Waals surface area contributed by atoms with Crippen molar-refractivity contribution in [2.45, 2.75) is 0 Å². The first-order valence-electron chi connectivity index (χ1n) is 22.2. The third-order valence-corrected chi connectivity index (χ3v) is 13.5. The highest BCUT2D eigenvalue weighted by Crippen LogP contribution is 2.54. The van der Waals surface area contributed by atoms with E-state index in [1.807, 2.05) is 0 Å². The maximum atomic E-state index is 2.54. The Kier molecular flexibility index (Phi) is 8.32. The second-order valence-corrected chi connectivity index (χ2v) is 17.2. The van der Waals surface area contributed by atoms with Crippen molar-refractivity contribution >= 4 is 43.1 Å². The summed E-state index contributed by atoms with van der Waals surface area (Å²) in [4.78, 5) is 0. The monoisotopic (exact) mass is 808 g/mol. The molecule has 0 heterocycles. The van der Waals surface area contributed by atoms with Gasteiger partial charge in [-0.1, -0.05) is 188 Å². The molecule has 0 atom stereocenters. The molecule has 12 aromatic carbocycles. The molecule has 0 aromatic heterocycles. The first-order chi connectivity index (χ1) is 31.7. The zero-order valence-corrected chi connectivity index (χ0v) is 35.1. The predicted octanol–water partition coefficient (Wildman–Crippen LogP) is 17.9.